The minimum atomic E-state index is -0.138. The van der Waals surface area contributed by atoms with E-state index in [-0.39, 0.29) is 17.1 Å². The fourth-order valence-corrected chi connectivity index (χ4v) is 5.97. The highest BCUT2D eigenvalue weighted by Gasteiger charge is 2.21. The van der Waals surface area contributed by atoms with E-state index in [1.807, 2.05) is 67.6 Å². The maximum absolute atomic E-state index is 13.9. The smallest absolute Gasteiger partial charge is 0.268 e. The van der Waals surface area contributed by atoms with E-state index in [0.717, 1.165) is 16.0 Å². The van der Waals surface area contributed by atoms with Crippen molar-refractivity contribution >= 4 is 50.7 Å². The van der Waals surface area contributed by atoms with Gasteiger partial charge < -0.3 is 0 Å². The number of thioether (sulfide) groups is 1. The fourth-order valence-electron chi connectivity index (χ4n) is 3.85. The zero-order valence-electron chi connectivity index (χ0n) is 18.2. The van der Waals surface area contributed by atoms with Crippen molar-refractivity contribution < 1.29 is 4.79 Å². The van der Waals surface area contributed by atoms with Crippen molar-refractivity contribution in [2.24, 2.45) is 0 Å². The first-order valence-electron chi connectivity index (χ1n) is 10.6. The molecule has 7 heteroatoms. The van der Waals surface area contributed by atoms with E-state index in [1.54, 1.807) is 28.8 Å². The number of fused-ring (bicyclic) bond motifs is 1. The molecule has 0 bridgehead atoms. The van der Waals surface area contributed by atoms with Crippen LogP contribution in [0.4, 0.5) is 0 Å². The van der Waals surface area contributed by atoms with Crippen LogP contribution in [0, 0.1) is 6.92 Å². The van der Waals surface area contributed by atoms with Gasteiger partial charge in [0.2, 0.25) is 0 Å². The lowest BCUT2D eigenvalue weighted by Gasteiger charge is -2.12. The van der Waals surface area contributed by atoms with E-state index in [2.05, 4.69) is 0 Å². The Kier molecular flexibility index (Phi) is 6.37. The topological polar surface area (TPSA) is 52.0 Å². The summed E-state index contributed by atoms with van der Waals surface area (Å²) in [4.78, 5) is 33.3. The highest BCUT2D eigenvalue weighted by atomic mass is 35.5. The Labute approximate surface area is 209 Å². The van der Waals surface area contributed by atoms with Gasteiger partial charge in [0, 0.05) is 21.0 Å². The average molecular weight is 503 g/mol. The molecule has 34 heavy (non-hydrogen) atoms. The monoisotopic (exact) mass is 502 g/mol. The number of thiophene rings is 1. The van der Waals surface area contributed by atoms with Crippen LogP contribution in [0.15, 0.2) is 94.9 Å². The van der Waals surface area contributed by atoms with E-state index >= 15 is 0 Å². The van der Waals surface area contributed by atoms with Gasteiger partial charge in [0.1, 0.15) is 4.83 Å². The van der Waals surface area contributed by atoms with E-state index < -0.39 is 0 Å². The molecular weight excluding hydrogens is 484 g/mol. The van der Waals surface area contributed by atoms with Crippen LogP contribution in [0.1, 0.15) is 15.2 Å². The Morgan fingerprint density at radius 1 is 0.971 bits per heavy atom. The lowest BCUT2D eigenvalue weighted by atomic mass is 10.0. The number of Topliss-reactive ketones (excluding diaryl/α,β-unsaturated/α-hetero) is 1. The number of carbonyl (C=O) groups is 1. The van der Waals surface area contributed by atoms with Crippen LogP contribution in [-0.2, 0) is 0 Å². The SMILES string of the molecule is Cc1sc2nc(SCC(=O)c3ccc(Cl)cc3)n(-c3ccccc3)c(=O)c2c1-c1ccccc1. The van der Waals surface area contributed by atoms with Gasteiger partial charge >= 0.3 is 0 Å². The molecule has 0 spiro atoms. The third-order valence-electron chi connectivity index (χ3n) is 5.45. The Balaban J connectivity index is 1.63. The normalized spacial score (nSPS) is 11.1. The summed E-state index contributed by atoms with van der Waals surface area (Å²) in [7, 11) is 0. The van der Waals surface area contributed by atoms with Gasteiger partial charge in [0.25, 0.3) is 5.56 Å². The summed E-state index contributed by atoms with van der Waals surface area (Å²) in [5.74, 6) is 0.102. The van der Waals surface area contributed by atoms with Crippen molar-refractivity contribution in [2.75, 3.05) is 5.75 Å². The van der Waals surface area contributed by atoms with Crippen LogP contribution in [0.2, 0.25) is 5.02 Å². The molecule has 168 valence electrons. The van der Waals surface area contributed by atoms with Gasteiger partial charge in [0.05, 0.1) is 16.8 Å². The maximum Gasteiger partial charge on any atom is 0.268 e. The summed E-state index contributed by atoms with van der Waals surface area (Å²) in [6.07, 6.45) is 0. The zero-order valence-corrected chi connectivity index (χ0v) is 20.6. The fraction of sp³-hybridized carbons (Fsp3) is 0.0741. The number of rotatable bonds is 6. The van der Waals surface area contributed by atoms with Crippen LogP contribution < -0.4 is 5.56 Å². The van der Waals surface area contributed by atoms with E-state index in [4.69, 9.17) is 16.6 Å². The summed E-state index contributed by atoms with van der Waals surface area (Å²) in [6.45, 7) is 2.01. The number of aromatic nitrogens is 2. The van der Waals surface area contributed by atoms with Gasteiger partial charge in [0.15, 0.2) is 10.9 Å². The quantitative estimate of drug-likeness (QED) is 0.142. The molecule has 0 radical (unpaired) electrons. The minimum absolute atomic E-state index is 0.0528. The van der Waals surface area contributed by atoms with Gasteiger partial charge in [-0.05, 0) is 48.9 Å². The second-order valence-electron chi connectivity index (χ2n) is 7.67. The molecule has 2 heterocycles. The summed E-state index contributed by atoms with van der Waals surface area (Å²) in [5.41, 5.74) is 3.05. The van der Waals surface area contributed by atoms with E-state index in [1.165, 1.54) is 23.1 Å². The minimum Gasteiger partial charge on any atom is -0.293 e. The molecule has 0 aliphatic rings. The standard InChI is InChI=1S/C27H19ClN2O2S2/c1-17-23(19-8-4-2-5-9-19)24-25(34-17)29-27(30(26(24)32)21-10-6-3-7-11-21)33-16-22(31)18-12-14-20(28)15-13-18/h2-15H,16H2,1H3. The van der Waals surface area contributed by atoms with Crippen molar-refractivity contribution in [1.29, 1.82) is 0 Å². The summed E-state index contributed by atoms with van der Waals surface area (Å²) in [5, 5.41) is 1.68. The number of para-hydroxylation sites is 1. The van der Waals surface area contributed by atoms with Crippen molar-refractivity contribution in [3.8, 4) is 16.8 Å². The second kappa shape index (κ2) is 9.58. The number of hydrogen-bond acceptors (Lipinski definition) is 5. The number of halogens is 1. The maximum atomic E-state index is 13.9. The highest BCUT2D eigenvalue weighted by Crippen LogP contribution is 2.37. The molecular formula is C27H19ClN2O2S2. The van der Waals surface area contributed by atoms with Crippen LogP contribution in [0.5, 0.6) is 0 Å². The third-order valence-corrected chi connectivity index (χ3v) is 7.64. The van der Waals surface area contributed by atoms with Gasteiger partial charge in [-0.2, -0.15) is 0 Å². The average Bonchev–Trinajstić information content (AvgIpc) is 3.20. The first kappa shape index (κ1) is 22.6. The van der Waals surface area contributed by atoms with Gasteiger partial charge in [-0.3, -0.25) is 14.2 Å². The Bertz CT molecular complexity index is 1540. The van der Waals surface area contributed by atoms with Gasteiger partial charge in [-0.25, -0.2) is 4.98 Å². The Morgan fingerprint density at radius 3 is 2.29 bits per heavy atom. The number of carbonyl (C=O) groups excluding carboxylic acids is 1. The predicted octanol–water partition coefficient (Wildman–Crippen LogP) is 7.05. The predicted molar refractivity (Wildman–Crippen MR) is 142 cm³/mol. The lowest BCUT2D eigenvalue weighted by molar-refractivity contribution is 0.102. The van der Waals surface area contributed by atoms with Gasteiger partial charge in [-0.15, -0.1) is 11.3 Å². The molecule has 4 nitrogen and oxygen atoms in total. The number of aryl methyl sites for hydroxylation is 1. The summed E-state index contributed by atoms with van der Waals surface area (Å²) < 4.78 is 1.61. The van der Waals surface area contributed by atoms with E-state index in [9.17, 15) is 9.59 Å². The molecule has 0 saturated carbocycles. The van der Waals surface area contributed by atoms with Crippen LogP contribution in [0.25, 0.3) is 27.0 Å². The first-order chi connectivity index (χ1) is 16.5. The first-order valence-corrected chi connectivity index (χ1v) is 12.8. The second-order valence-corrected chi connectivity index (χ2v) is 10.3. The van der Waals surface area contributed by atoms with Gasteiger partial charge in [-0.1, -0.05) is 71.9 Å². The zero-order chi connectivity index (χ0) is 23.7. The number of ketones is 1. The molecule has 0 saturated heterocycles. The molecule has 0 fully saturated rings. The summed E-state index contributed by atoms with van der Waals surface area (Å²) in [6, 6.07) is 26.1. The molecule has 3 aromatic carbocycles. The number of hydrogen-bond donors (Lipinski definition) is 0. The molecule has 0 aliphatic heterocycles. The number of nitrogens with zero attached hydrogens (tertiary/aromatic N) is 2. The van der Waals surface area contributed by atoms with Crippen LogP contribution in [0.3, 0.4) is 0 Å². The molecule has 0 atom stereocenters. The molecule has 0 N–H and O–H groups in total. The largest absolute Gasteiger partial charge is 0.293 e. The summed E-state index contributed by atoms with van der Waals surface area (Å²) >= 11 is 8.71. The van der Waals surface area contributed by atoms with Crippen LogP contribution in [-0.4, -0.2) is 21.1 Å². The molecule has 5 aromatic rings. The Morgan fingerprint density at radius 2 is 1.62 bits per heavy atom. The molecule has 5 rings (SSSR count). The van der Waals surface area contributed by atoms with E-state index in [0.29, 0.717) is 31.6 Å². The van der Waals surface area contributed by atoms with Crippen molar-refractivity contribution in [3.05, 3.63) is 111 Å². The molecule has 0 amide bonds. The Hall–Kier alpha value is -3.19. The highest BCUT2D eigenvalue weighted by molar-refractivity contribution is 7.99. The molecule has 0 aliphatic carbocycles. The third kappa shape index (κ3) is 4.32. The molecule has 2 aromatic heterocycles. The molecule has 0 unspecified atom stereocenters. The number of benzene rings is 3. The lowest BCUT2D eigenvalue weighted by Crippen LogP contribution is -2.22. The van der Waals surface area contributed by atoms with Crippen molar-refractivity contribution in [2.45, 2.75) is 12.1 Å². The van der Waals surface area contributed by atoms with Crippen molar-refractivity contribution in [1.82, 2.24) is 9.55 Å². The van der Waals surface area contributed by atoms with Crippen LogP contribution >= 0.6 is 34.7 Å². The van der Waals surface area contributed by atoms with Crippen molar-refractivity contribution in [3.63, 3.8) is 0 Å².